The van der Waals surface area contributed by atoms with Crippen molar-refractivity contribution < 1.29 is 9.53 Å². The summed E-state index contributed by atoms with van der Waals surface area (Å²) in [6.07, 6.45) is 4.58. The molecule has 2 heterocycles. The first-order chi connectivity index (χ1) is 9.08. The Morgan fingerprint density at radius 2 is 2.26 bits per heavy atom. The van der Waals surface area contributed by atoms with Gasteiger partial charge in [0.25, 0.3) is 0 Å². The number of hydrogen-bond donors (Lipinski definition) is 1. The molecule has 0 amide bonds. The summed E-state index contributed by atoms with van der Waals surface area (Å²) in [4.78, 5) is 19.8. The van der Waals surface area contributed by atoms with Crippen LogP contribution in [0.5, 0.6) is 0 Å². The van der Waals surface area contributed by atoms with Crippen LogP contribution in [0, 0.1) is 6.92 Å². The second-order valence-electron chi connectivity index (χ2n) is 3.94. The molecule has 2 aromatic heterocycles. The number of hydrogen-bond acceptors (Lipinski definition) is 5. The fourth-order valence-corrected chi connectivity index (χ4v) is 1.67. The van der Waals surface area contributed by atoms with Crippen LogP contribution in [-0.4, -0.2) is 15.9 Å². The van der Waals surface area contributed by atoms with Crippen molar-refractivity contribution in [2.75, 3.05) is 5.73 Å². The van der Waals surface area contributed by atoms with E-state index in [1.165, 1.54) is 12.4 Å². The molecule has 6 heteroatoms. The second kappa shape index (κ2) is 5.67. The van der Waals surface area contributed by atoms with Crippen LogP contribution < -0.4 is 5.73 Å². The number of rotatable bonds is 3. The van der Waals surface area contributed by atoms with E-state index in [-0.39, 0.29) is 6.61 Å². The third-order valence-corrected chi connectivity index (χ3v) is 2.88. The van der Waals surface area contributed by atoms with Crippen molar-refractivity contribution in [3.05, 3.63) is 52.6 Å². The fraction of sp³-hybridized carbons (Fsp3) is 0.154. The highest BCUT2D eigenvalue weighted by atomic mass is 35.5. The van der Waals surface area contributed by atoms with Crippen molar-refractivity contribution in [1.82, 2.24) is 9.97 Å². The molecule has 98 valence electrons. The molecule has 0 radical (unpaired) electrons. The van der Waals surface area contributed by atoms with Crippen LogP contribution in [-0.2, 0) is 11.3 Å². The molecule has 2 rings (SSSR count). The van der Waals surface area contributed by atoms with Gasteiger partial charge in [0.05, 0.1) is 28.2 Å². The van der Waals surface area contributed by atoms with Gasteiger partial charge in [0.2, 0.25) is 0 Å². The van der Waals surface area contributed by atoms with Crippen molar-refractivity contribution in [3.8, 4) is 0 Å². The van der Waals surface area contributed by atoms with Gasteiger partial charge in [-0.05, 0) is 19.1 Å². The van der Waals surface area contributed by atoms with Gasteiger partial charge < -0.3 is 10.5 Å². The van der Waals surface area contributed by atoms with Crippen LogP contribution in [0.1, 0.15) is 21.6 Å². The number of halogens is 1. The van der Waals surface area contributed by atoms with Gasteiger partial charge in [-0.15, -0.1) is 0 Å². The molecule has 0 bridgehead atoms. The van der Waals surface area contributed by atoms with Gasteiger partial charge >= 0.3 is 5.97 Å². The number of esters is 1. The minimum absolute atomic E-state index is 0.0778. The third kappa shape index (κ3) is 3.20. The zero-order chi connectivity index (χ0) is 13.8. The zero-order valence-corrected chi connectivity index (χ0v) is 11.0. The molecule has 0 unspecified atom stereocenters. The summed E-state index contributed by atoms with van der Waals surface area (Å²) in [5.74, 6) is -0.481. The van der Waals surface area contributed by atoms with Crippen LogP contribution in [0.4, 0.5) is 5.69 Å². The molecule has 0 spiro atoms. The van der Waals surface area contributed by atoms with E-state index in [9.17, 15) is 4.79 Å². The maximum Gasteiger partial charge on any atom is 0.340 e. The van der Waals surface area contributed by atoms with Crippen LogP contribution in [0.2, 0.25) is 5.02 Å². The van der Waals surface area contributed by atoms with E-state index < -0.39 is 5.97 Å². The van der Waals surface area contributed by atoms with Gasteiger partial charge in [-0.25, -0.2) is 4.79 Å². The summed E-state index contributed by atoms with van der Waals surface area (Å²) in [6, 6.07) is 3.24. The lowest BCUT2D eigenvalue weighted by molar-refractivity contribution is 0.0471. The number of carbonyl (C=O) groups is 1. The first kappa shape index (κ1) is 13.3. The van der Waals surface area contributed by atoms with Gasteiger partial charge in [0.15, 0.2) is 0 Å². The first-order valence-corrected chi connectivity index (χ1v) is 5.93. The lowest BCUT2D eigenvalue weighted by atomic mass is 10.2. The molecule has 0 atom stereocenters. The Kier molecular flexibility index (Phi) is 3.97. The lowest BCUT2D eigenvalue weighted by Gasteiger charge is -2.08. The molecular formula is C13H12ClN3O2. The van der Waals surface area contributed by atoms with E-state index in [0.717, 1.165) is 0 Å². The Bertz CT molecular complexity index is 617. The van der Waals surface area contributed by atoms with Crippen LogP contribution in [0.15, 0.2) is 30.7 Å². The number of aromatic nitrogens is 2. The molecular weight excluding hydrogens is 266 g/mol. The number of nitrogens with two attached hydrogens (primary N) is 1. The van der Waals surface area contributed by atoms with Gasteiger partial charge in [0.1, 0.15) is 6.61 Å². The first-order valence-electron chi connectivity index (χ1n) is 5.55. The van der Waals surface area contributed by atoms with Gasteiger partial charge in [-0.3, -0.25) is 9.97 Å². The predicted molar refractivity (Wildman–Crippen MR) is 71.8 cm³/mol. The Labute approximate surface area is 115 Å². The molecule has 0 saturated heterocycles. The van der Waals surface area contributed by atoms with E-state index in [4.69, 9.17) is 22.1 Å². The molecule has 0 aromatic carbocycles. The SMILES string of the molecule is Cc1ncc(N)cc1C(=O)OCc1ccncc1Cl. The average Bonchev–Trinajstić information content (AvgIpc) is 2.40. The Hall–Kier alpha value is -2.14. The van der Waals surface area contributed by atoms with Crippen molar-refractivity contribution >= 4 is 23.3 Å². The molecule has 0 aliphatic carbocycles. The van der Waals surface area contributed by atoms with Gasteiger partial charge in [-0.1, -0.05) is 11.6 Å². The van der Waals surface area contributed by atoms with Crippen molar-refractivity contribution in [1.29, 1.82) is 0 Å². The second-order valence-corrected chi connectivity index (χ2v) is 4.35. The highest BCUT2D eigenvalue weighted by molar-refractivity contribution is 6.31. The molecule has 0 aliphatic rings. The molecule has 2 aromatic rings. The average molecular weight is 278 g/mol. The summed E-state index contributed by atoms with van der Waals surface area (Å²) >= 11 is 5.92. The smallest absolute Gasteiger partial charge is 0.340 e. The Balaban J connectivity index is 2.10. The monoisotopic (exact) mass is 277 g/mol. The largest absolute Gasteiger partial charge is 0.457 e. The number of carbonyl (C=O) groups excluding carboxylic acids is 1. The number of ether oxygens (including phenoxy) is 1. The standard InChI is InChI=1S/C13H12ClN3O2/c1-8-11(4-10(15)5-17-8)13(18)19-7-9-2-3-16-6-12(9)14/h2-6H,7,15H2,1H3. The molecule has 5 nitrogen and oxygen atoms in total. The number of anilines is 1. The zero-order valence-electron chi connectivity index (χ0n) is 10.3. The summed E-state index contributed by atoms with van der Waals surface area (Å²) in [5.41, 5.74) is 7.63. The van der Waals surface area contributed by atoms with Crippen LogP contribution in [0.3, 0.4) is 0 Å². The number of nitrogens with zero attached hydrogens (tertiary/aromatic N) is 2. The predicted octanol–water partition coefficient (Wildman–Crippen LogP) is 2.38. The molecule has 0 fully saturated rings. The Morgan fingerprint density at radius 1 is 1.47 bits per heavy atom. The lowest BCUT2D eigenvalue weighted by Crippen LogP contribution is -2.09. The normalized spacial score (nSPS) is 10.2. The van der Waals surface area contributed by atoms with Gasteiger partial charge in [0, 0.05) is 18.0 Å². The molecule has 19 heavy (non-hydrogen) atoms. The maximum absolute atomic E-state index is 11.9. The van der Waals surface area contributed by atoms with Gasteiger partial charge in [-0.2, -0.15) is 0 Å². The minimum Gasteiger partial charge on any atom is -0.457 e. The summed E-state index contributed by atoms with van der Waals surface area (Å²) < 4.78 is 5.18. The topological polar surface area (TPSA) is 78.1 Å². The van der Waals surface area contributed by atoms with Crippen molar-refractivity contribution in [2.24, 2.45) is 0 Å². The van der Waals surface area contributed by atoms with Crippen molar-refractivity contribution in [3.63, 3.8) is 0 Å². The number of aryl methyl sites for hydroxylation is 1. The minimum atomic E-state index is -0.481. The summed E-state index contributed by atoms with van der Waals surface area (Å²) in [5, 5.41) is 0.456. The fourth-order valence-electron chi connectivity index (χ4n) is 1.50. The van der Waals surface area contributed by atoms with Crippen LogP contribution in [0.25, 0.3) is 0 Å². The highest BCUT2D eigenvalue weighted by Gasteiger charge is 2.13. The molecule has 0 saturated carbocycles. The van der Waals surface area contributed by atoms with Crippen LogP contribution >= 0.6 is 11.6 Å². The molecule has 0 aliphatic heterocycles. The number of nitrogen functional groups attached to an aromatic ring is 1. The van der Waals surface area contributed by atoms with E-state index in [1.807, 2.05) is 0 Å². The van der Waals surface area contributed by atoms with E-state index in [2.05, 4.69) is 9.97 Å². The summed E-state index contributed by atoms with van der Waals surface area (Å²) in [7, 11) is 0. The third-order valence-electron chi connectivity index (χ3n) is 2.54. The quantitative estimate of drug-likeness (QED) is 0.872. The van der Waals surface area contributed by atoms with Crippen molar-refractivity contribution in [2.45, 2.75) is 13.5 Å². The maximum atomic E-state index is 11.9. The van der Waals surface area contributed by atoms with E-state index in [0.29, 0.717) is 27.5 Å². The Morgan fingerprint density at radius 3 is 3.00 bits per heavy atom. The summed E-state index contributed by atoms with van der Waals surface area (Å²) in [6.45, 7) is 1.80. The molecule has 2 N–H and O–H groups in total. The highest BCUT2D eigenvalue weighted by Crippen LogP contribution is 2.16. The van der Waals surface area contributed by atoms with E-state index >= 15 is 0 Å². The number of pyridine rings is 2. The van der Waals surface area contributed by atoms with E-state index in [1.54, 1.807) is 25.3 Å².